The topological polar surface area (TPSA) is 117 Å². The van der Waals surface area contributed by atoms with E-state index in [0.29, 0.717) is 17.3 Å². The number of carbonyl (C=O) groups excluding carboxylic acids is 3. The van der Waals surface area contributed by atoms with Gasteiger partial charge in [0.25, 0.3) is 11.5 Å². The highest BCUT2D eigenvalue weighted by Gasteiger charge is 2.17. The fraction of sp³-hybridized carbons (Fsp3) is 0.333. The Morgan fingerprint density at radius 1 is 1.23 bits per heavy atom. The van der Waals surface area contributed by atoms with Crippen LogP contribution in [0.25, 0.3) is 10.8 Å². The van der Waals surface area contributed by atoms with Gasteiger partial charge in [-0.15, -0.1) is 0 Å². The normalized spacial score (nSPS) is 11.6. The Kier molecular flexibility index (Phi) is 6.48. The molecule has 26 heavy (non-hydrogen) atoms. The summed E-state index contributed by atoms with van der Waals surface area (Å²) in [4.78, 5) is 49.9. The van der Waals surface area contributed by atoms with Crippen molar-refractivity contribution in [1.82, 2.24) is 15.6 Å². The van der Waals surface area contributed by atoms with Crippen molar-refractivity contribution in [2.24, 2.45) is 0 Å². The largest absolute Gasteiger partial charge is 0.451 e. The lowest BCUT2D eigenvalue weighted by atomic mass is 10.1. The Balaban J connectivity index is 1.93. The lowest BCUT2D eigenvalue weighted by Crippen LogP contribution is -2.46. The van der Waals surface area contributed by atoms with Crippen molar-refractivity contribution in [3.05, 3.63) is 46.4 Å². The van der Waals surface area contributed by atoms with Crippen molar-refractivity contribution in [2.75, 3.05) is 13.2 Å². The van der Waals surface area contributed by atoms with Crippen molar-refractivity contribution in [3.63, 3.8) is 0 Å². The zero-order chi connectivity index (χ0) is 19.1. The van der Waals surface area contributed by atoms with Crippen LogP contribution in [0, 0.1) is 0 Å². The summed E-state index contributed by atoms with van der Waals surface area (Å²) in [5, 5.41) is 6.13. The molecule has 0 unspecified atom stereocenters. The number of rotatable bonds is 7. The molecule has 0 bridgehead atoms. The van der Waals surface area contributed by atoms with Gasteiger partial charge in [-0.1, -0.05) is 25.1 Å². The average molecular weight is 359 g/mol. The fourth-order valence-electron chi connectivity index (χ4n) is 2.28. The van der Waals surface area contributed by atoms with Crippen LogP contribution >= 0.6 is 0 Å². The van der Waals surface area contributed by atoms with E-state index in [9.17, 15) is 19.2 Å². The van der Waals surface area contributed by atoms with Crippen LogP contribution in [0.5, 0.6) is 0 Å². The van der Waals surface area contributed by atoms with Gasteiger partial charge in [-0.2, -0.15) is 0 Å². The molecule has 3 N–H and O–H groups in total. The van der Waals surface area contributed by atoms with Gasteiger partial charge in [0, 0.05) is 11.9 Å². The van der Waals surface area contributed by atoms with E-state index in [1.165, 1.54) is 13.0 Å². The number of esters is 1. The molecule has 2 aromatic rings. The zero-order valence-electron chi connectivity index (χ0n) is 14.6. The quantitative estimate of drug-likeness (QED) is 0.630. The molecule has 2 amide bonds. The summed E-state index contributed by atoms with van der Waals surface area (Å²) in [5.41, 5.74) is -0.462. The Bertz CT molecular complexity index is 875. The Labute approximate surface area is 149 Å². The zero-order valence-corrected chi connectivity index (χ0v) is 14.6. The number of fused-ring (bicyclic) bond motifs is 1. The molecule has 1 atom stereocenters. The van der Waals surface area contributed by atoms with Crippen LogP contribution in [0.3, 0.4) is 0 Å². The Morgan fingerprint density at radius 2 is 1.96 bits per heavy atom. The van der Waals surface area contributed by atoms with Gasteiger partial charge in [0.2, 0.25) is 5.91 Å². The highest BCUT2D eigenvalue weighted by atomic mass is 16.5. The number of aromatic amines is 1. The molecule has 0 aliphatic carbocycles. The molecule has 1 heterocycles. The van der Waals surface area contributed by atoms with Gasteiger partial charge < -0.3 is 20.4 Å². The lowest BCUT2D eigenvalue weighted by Gasteiger charge is -2.13. The molecular weight excluding hydrogens is 338 g/mol. The van der Waals surface area contributed by atoms with Gasteiger partial charge >= 0.3 is 5.97 Å². The summed E-state index contributed by atoms with van der Waals surface area (Å²) in [6.45, 7) is 3.41. The third kappa shape index (κ3) is 4.92. The van der Waals surface area contributed by atoms with Crippen LogP contribution in [0.1, 0.15) is 30.8 Å². The van der Waals surface area contributed by atoms with Crippen LogP contribution in [-0.2, 0) is 14.3 Å². The number of hydrogen-bond acceptors (Lipinski definition) is 5. The fourth-order valence-corrected chi connectivity index (χ4v) is 2.28. The summed E-state index contributed by atoms with van der Waals surface area (Å²) in [5.74, 6) is -1.75. The summed E-state index contributed by atoms with van der Waals surface area (Å²) >= 11 is 0. The third-order valence-electron chi connectivity index (χ3n) is 3.63. The van der Waals surface area contributed by atoms with Gasteiger partial charge in [-0.25, -0.2) is 4.79 Å². The minimum atomic E-state index is -0.828. The second kappa shape index (κ2) is 8.80. The van der Waals surface area contributed by atoms with E-state index in [1.54, 1.807) is 24.3 Å². The summed E-state index contributed by atoms with van der Waals surface area (Å²) in [7, 11) is 0. The summed E-state index contributed by atoms with van der Waals surface area (Å²) in [6, 6.07) is 7.55. The van der Waals surface area contributed by atoms with Crippen LogP contribution in [0.15, 0.2) is 35.1 Å². The number of carbonyl (C=O) groups is 3. The Hall–Kier alpha value is -3.16. The molecule has 8 nitrogen and oxygen atoms in total. The summed E-state index contributed by atoms with van der Waals surface area (Å²) in [6.07, 6.45) is 0.786. The van der Waals surface area contributed by atoms with Crippen LogP contribution < -0.4 is 16.2 Å². The minimum absolute atomic E-state index is 0.0461. The van der Waals surface area contributed by atoms with E-state index in [2.05, 4.69) is 15.6 Å². The highest BCUT2D eigenvalue weighted by Crippen LogP contribution is 2.10. The van der Waals surface area contributed by atoms with E-state index in [1.807, 2.05) is 6.92 Å². The molecule has 8 heteroatoms. The summed E-state index contributed by atoms with van der Waals surface area (Å²) < 4.78 is 4.90. The lowest BCUT2D eigenvalue weighted by molar-refractivity contribution is -0.130. The maximum Gasteiger partial charge on any atom is 0.355 e. The van der Waals surface area contributed by atoms with Crippen molar-refractivity contribution in [1.29, 1.82) is 0 Å². The van der Waals surface area contributed by atoms with Gasteiger partial charge in [0.05, 0.1) is 0 Å². The molecule has 0 saturated carbocycles. The number of pyridine rings is 1. The maximum atomic E-state index is 12.1. The Morgan fingerprint density at radius 3 is 2.69 bits per heavy atom. The second-order valence-electron chi connectivity index (χ2n) is 5.76. The number of nitrogens with one attached hydrogen (secondary N) is 3. The standard InChI is InChI=1S/C18H21N3O5/c1-3-8-19-16(23)11(2)20-15(22)10-26-18(25)14-9-12-6-4-5-7-13(12)17(24)21-14/h4-7,9,11H,3,8,10H2,1-2H3,(H,19,23)(H,20,22)(H,21,24)/t11-/m0/s1. The van der Waals surface area contributed by atoms with Gasteiger partial charge in [-0.3, -0.25) is 14.4 Å². The molecule has 0 radical (unpaired) electrons. The van der Waals surface area contributed by atoms with E-state index in [0.717, 1.165) is 6.42 Å². The molecule has 0 saturated heterocycles. The predicted octanol–water partition coefficient (Wildman–Crippen LogP) is 0.716. The average Bonchev–Trinajstić information content (AvgIpc) is 2.64. The highest BCUT2D eigenvalue weighted by molar-refractivity contribution is 5.94. The van der Waals surface area contributed by atoms with E-state index >= 15 is 0 Å². The van der Waals surface area contributed by atoms with E-state index in [4.69, 9.17) is 4.74 Å². The first-order valence-electron chi connectivity index (χ1n) is 8.28. The first-order chi connectivity index (χ1) is 12.4. The number of aromatic nitrogens is 1. The number of hydrogen-bond donors (Lipinski definition) is 3. The number of H-pyrrole nitrogens is 1. The van der Waals surface area contributed by atoms with Gasteiger partial charge in [-0.05, 0) is 30.9 Å². The SMILES string of the molecule is CCCNC(=O)[C@H](C)NC(=O)COC(=O)c1cc2ccccc2c(=O)[nH]1. The number of benzene rings is 1. The van der Waals surface area contributed by atoms with Crippen molar-refractivity contribution < 1.29 is 19.1 Å². The van der Waals surface area contributed by atoms with Crippen LogP contribution in [-0.4, -0.2) is 42.0 Å². The van der Waals surface area contributed by atoms with Crippen LogP contribution in [0.4, 0.5) is 0 Å². The molecule has 138 valence electrons. The minimum Gasteiger partial charge on any atom is -0.451 e. The third-order valence-corrected chi connectivity index (χ3v) is 3.63. The first kappa shape index (κ1) is 19.2. The monoisotopic (exact) mass is 359 g/mol. The van der Waals surface area contributed by atoms with Gasteiger partial charge in [0.1, 0.15) is 11.7 Å². The molecule has 2 rings (SSSR count). The molecular formula is C18H21N3O5. The molecule has 0 aliphatic rings. The molecule has 1 aromatic heterocycles. The van der Waals surface area contributed by atoms with Crippen molar-refractivity contribution in [2.45, 2.75) is 26.3 Å². The predicted molar refractivity (Wildman–Crippen MR) is 95.8 cm³/mol. The molecule has 0 spiro atoms. The van der Waals surface area contributed by atoms with Crippen LogP contribution in [0.2, 0.25) is 0 Å². The van der Waals surface area contributed by atoms with E-state index in [-0.39, 0.29) is 11.6 Å². The van der Waals surface area contributed by atoms with Crippen molar-refractivity contribution in [3.8, 4) is 0 Å². The first-order valence-corrected chi connectivity index (χ1v) is 8.28. The van der Waals surface area contributed by atoms with E-state index < -0.39 is 30.1 Å². The second-order valence-corrected chi connectivity index (χ2v) is 5.76. The molecule has 0 aliphatic heterocycles. The molecule has 0 fully saturated rings. The molecule has 1 aromatic carbocycles. The number of amides is 2. The van der Waals surface area contributed by atoms with Gasteiger partial charge in [0.15, 0.2) is 6.61 Å². The van der Waals surface area contributed by atoms with Crippen molar-refractivity contribution >= 4 is 28.6 Å². The maximum absolute atomic E-state index is 12.1. The number of ether oxygens (including phenoxy) is 1. The smallest absolute Gasteiger partial charge is 0.355 e.